The summed E-state index contributed by atoms with van der Waals surface area (Å²) < 4.78 is 4.62. The molecule has 0 fully saturated rings. The average Bonchev–Trinajstić information content (AvgIpc) is 3.38. The van der Waals surface area contributed by atoms with Gasteiger partial charge >= 0.3 is 0 Å². The summed E-state index contributed by atoms with van der Waals surface area (Å²) in [4.78, 5) is 0. The van der Waals surface area contributed by atoms with Crippen LogP contribution in [0.3, 0.4) is 0 Å². The molecule has 0 aliphatic carbocycles. The summed E-state index contributed by atoms with van der Waals surface area (Å²) in [5, 5.41) is 0. The van der Waals surface area contributed by atoms with Crippen molar-refractivity contribution in [3.05, 3.63) is 122 Å². The molecular formula is C28H20N2. The molecule has 0 radical (unpaired) electrons. The Morgan fingerprint density at radius 2 is 0.800 bits per heavy atom. The second-order valence-corrected chi connectivity index (χ2v) is 7.54. The largest absolute Gasteiger partial charge is 0.315 e. The standard InChI is InChI=1S/C28H20N2/c1-3-11-21(12-4-1)25-19-23-15-7-9-17-29(23)27(25)28-26(22-13-5-2-6-14-22)20-24-16-8-10-18-30(24)28/h1-20H. The Hall–Kier alpha value is -4.04. The van der Waals surface area contributed by atoms with Gasteiger partial charge in [0, 0.05) is 34.6 Å². The molecule has 0 spiro atoms. The van der Waals surface area contributed by atoms with Crippen molar-refractivity contribution in [3.8, 4) is 33.6 Å². The number of aromatic nitrogens is 2. The van der Waals surface area contributed by atoms with Gasteiger partial charge in [0.25, 0.3) is 0 Å². The second-order valence-electron chi connectivity index (χ2n) is 7.54. The molecule has 0 saturated carbocycles. The van der Waals surface area contributed by atoms with E-state index in [2.05, 4.69) is 130 Å². The molecule has 0 aliphatic heterocycles. The lowest BCUT2D eigenvalue weighted by molar-refractivity contribution is 1.14. The summed E-state index contributed by atoms with van der Waals surface area (Å²) in [5.41, 5.74) is 9.73. The van der Waals surface area contributed by atoms with E-state index in [9.17, 15) is 0 Å². The van der Waals surface area contributed by atoms with Crippen molar-refractivity contribution in [1.29, 1.82) is 0 Å². The van der Waals surface area contributed by atoms with Gasteiger partial charge in [-0.05, 0) is 47.5 Å². The molecule has 4 heterocycles. The van der Waals surface area contributed by atoms with E-state index < -0.39 is 0 Å². The molecule has 0 amide bonds. The third kappa shape index (κ3) is 2.58. The molecule has 0 unspecified atom stereocenters. The highest BCUT2D eigenvalue weighted by Gasteiger charge is 2.21. The number of hydrogen-bond donors (Lipinski definition) is 0. The van der Waals surface area contributed by atoms with Crippen molar-refractivity contribution in [1.82, 2.24) is 8.80 Å². The third-order valence-corrected chi connectivity index (χ3v) is 5.75. The summed E-state index contributed by atoms with van der Waals surface area (Å²) in [7, 11) is 0. The molecule has 0 atom stereocenters. The van der Waals surface area contributed by atoms with Crippen molar-refractivity contribution in [2.45, 2.75) is 0 Å². The molecule has 142 valence electrons. The maximum atomic E-state index is 2.31. The van der Waals surface area contributed by atoms with Crippen LogP contribution < -0.4 is 0 Å². The zero-order valence-electron chi connectivity index (χ0n) is 16.4. The molecule has 6 rings (SSSR count). The van der Waals surface area contributed by atoms with Crippen molar-refractivity contribution in [2.24, 2.45) is 0 Å². The minimum Gasteiger partial charge on any atom is -0.315 e. The van der Waals surface area contributed by atoms with Crippen molar-refractivity contribution < 1.29 is 0 Å². The Morgan fingerprint density at radius 3 is 1.23 bits per heavy atom. The smallest absolute Gasteiger partial charge is 0.0783 e. The van der Waals surface area contributed by atoms with Crippen LogP contribution in [0.2, 0.25) is 0 Å². The van der Waals surface area contributed by atoms with E-state index in [-0.39, 0.29) is 0 Å². The highest BCUT2D eigenvalue weighted by molar-refractivity contribution is 5.94. The summed E-state index contributed by atoms with van der Waals surface area (Å²) >= 11 is 0. The first-order valence-corrected chi connectivity index (χ1v) is 10.2. The van der Waals surface area contributed by atoms with E-state index in [4.69, 9.17) is 0 Å². The van der Waals surface area contributed by atoms with Crippen LogP contribution in [0.1, 0.15) is 0 Å². The topological polar surface area (TPSA) is 8.82 Å². The van der Waals surface area contributed by atoms with E-state index >= 15 is 0 Å². The van der Waals surface area contributed by atoms with Gasteiger partial charge in [-0.15, -0.1) is 0 Å². The first kappa shape index (κ1) is 16.9. The van der Waals surface area contributed by atoms with Crippen LogP contribution in [0.25, 0.3) is 44.7 Å². The van der Waals surface area contributed by atoms with Gasteiger partial charge in [-0.2, -0.15) is 0 Å². The Labute approximate surface area is 175 Å². The lowest BCUT2D eigenvalue weighted by atomic mass is 9.99. The molecule has 2 aromatic carbocycles. The highest BCUT2D eigenvalue weighted by Crippen LogP contribution is 2.41. The molecule has 0 saturated heterocycles. The first-order valence-electron chi connectivity index (χ1n) is 10.2. The Balaban J connectivity index is 1.77. The number of benzene rings is 2. The summed E-state index contributed by atoms with van der Waals surface area (Å²) in [6.07, 6.45) is 4.32. The van der Waals surface area contributed by atoms with Crippen LogP contribution in [-0.2, 0) is 0 Å². The monoisotopic (exact) mass is 384 g/mol. The van der Waals surface area contributed by atoms with E-state index in [1.54, 1.807) is 0 Å². The van der Waals surface area contributed by atoms with E-state index in [1.807, 2.05) is 0 Å². The summed E-state index contributed by atoms with van der Waals surface area (Å²) in [5.74, 6) is 0. The number of fused-ring (bicyclic) bond motifs is 2. The van der Waals surface area contributed by atoms with Crippen LogP contribution in [0.15, 0.2) is 122 Å². The first-order chi connectivity index (χ1) is 14.9. The van der Waals surface area contributed by atoms with E-state index in [1.165, 1.54) is 44.7 Å². The predicted octanol–water partition coefficient (Wildman–Crippen LogP) is 7.19. The van der Waals surface area contributed by atoms with Gasteiger partial charge < -0.3 is 8.80 Å². The average molecular weight is 384 g/mol. The Morgan fingerprint density at radius 1 is 0.400 bits per heavy atom. The number of rotatable bonds is 3. The minimum absolute atomic E-state index is 1.19. The van der Waals surface area contributed by atoms with Crippen molar-refractivity contribution in [3.63, 3.8) is 0 Å². The molecule has 0 N–H and O–H groups in total. The molecule has 2 heteroatoms. The zero-order valence-corrected chi connectivity index (χ0v) is 16.4. The molecule has 2 nitrogen and oxygen atoms in total. The fraction of sp³-hybridized carbons (Fsp3) is 0. The summed E-state index contributed by atoms with van der Waals surface area (Å²) in [6.45, 7) is 0. The van der Waals surface area contributed by atoms with Crippen LogP contribution in [-0.4, -0.2) is 8.80 Å². The van der Waals surface area contributed by atoms with Gasteiger partial charge in [-0.1, -0.05) is 72.8 Å². The number of pyridine rings is 2. The van der Waals surface area contributed by atoms with Crippen molar-refractivity contribution in [2.75, 3.05) is 0 Å². The van der Waals surface area contributed by atoms with E-state index in [0.717, 1.165) is 0 Å². The highest BCUT2D eigenvalue weighted by atomic mass is 15.0. The number of nitrogens with zero attached hydrogens (tertiary/aromatic N) is 2. The van der Waals surface area contributed by atoms with Crippen LogP contribution in [0.4, 0.5) is 0 Å². The molecule has 30 heavy (non-hydrogen) atoms. The molecule has 0 aliphatic rings. The van der Waals surface area contributed by atoms with Gasteiger partial charge in [0.2, 0.25) is 0 Å². The number of hydrogen-bond acceptors (Lipinski definition) is 0. The SMILES string of the molecule is c1ccc(-c2cc3ccccn3c2-c2c(-c3ccccc3)cc3ccccn23)cc1. The van der Waals surface area contributed by atoms with Crippen LogP contribution >= 0.6 is 0 Å². The zero-order chi connectivity index (χ0) is 19.9. The minimum atomic E-state index is 1.19. The lowest BCUT2D eigenvalue weighted by Gasteiger charge is -2.11. The van der Waals surface area contributed by atoms with Gasteiger partial charge in [-0.3, -0.25) is 0 Å². The summed E-state index contributed by atoms with van der Waals surface area (Å²) in [6, 6.07) is 38.7. The van der Waals surface area contributed by atoms with Gasteiger partial charge in [0.1, 0.15) is 0 Å². The van der Waals surface area contributed by atoms with Crippen LogP contribution in [0.5, 0.6) is 0 Å². The van der Waals surface area contributed by atoms with Gasteiger partial charge in [-0.25, -0.2) is 0 Å². The fourth-order valence-corrected chi connectivity index (χ4v) is 4.41. The fourth-order valence-electron chi connectivity index (χ4n) is 4.41. The maximum absolute atomic E-state index is 2.31. The van der Waals surface area contributed by atoms with Crippen molar-refractivity contribution >= 4 is 11.0 Å². The quantitative estimate of drug-likeness (QED) is 0.305. The molecule has 6 aromatic rings. The lowest BCUT2D eigenvalue weighted by Crippen LogP contribution is -1.95. The normalized spacial score (nSPS) is 11.3. The second kappa shape index (κ2) is 6.78. The Bertz CT molecular complexity index is 1360. The Kier molecular flexibility index (Phi) is 3.82. The third-order valence-electron chi connectivity index (χ3n) is 5.75. The van der Waals surface area contributed by atoms with Gasteiger partial charge in [0.15, 0.2) is 0 Å². The van der Waals surface area contributed by atoms with E-state index in [0.29, 0.717) is 0 Å². The van der Waals surface area contributed by atoms with Gasteiger partial charge in [0.05, 0.1) is 11.4 Å². The van der Waals surface area contributed by atoms with Crippen LogP contribution in [0, 0.1) is 0 Å². The molecule has 4 aromatic heterocycles. The molecular weight excluding hydrogens is 364 g/mol. The maximum Gasteiger partial charge on any atom is 0.0783 e. The predicted molar refractivity (Wildman–Crippen MR) is 125 cm³/mol. The molecule has 0 bridgehead atoms.